The molecule has 0 saturated heterocycles. The molecular formula is C17H14BrNO3. The van der Waals surface area contributed by atoms with Gasteiger partial charge in [0, 0.05) is 5.69 Å². The minimum atomic E-state index is -0.418. The van der Waals surface area contributed by atoms with Crippen LogP contribution in [-0.4, -0.2) is 18.1 Å². The number of ether oxygens (including phenoxy) is 1. The molecule has 0 bridgehead atoms. The van der Waals surface area contributed by atoms with E-state index in [1.54, 1.807) is 12.0 Å². The SMILES string of the molecule is COc1ccc(C2C(Br)=C(O)C(=O)N2c2ccccc2)cc1. The lowest BCUT2D eigenvalue weighted by molar-refractivity contribution is -0.117. The lowest BCUT2D eigenvalue weighted by atomic mass is 10.1. The second kappa shape index (κ2) is 5.85. The van der Waals surface area contributed by atoms with Gasteiger partial charge in [0.15, 0.2) is 5.76 Å². The predicted molar refractivity (Wildman–Crippen MR) is 88.2 cm³/mol. The molecule has 0 saturated carbocycles. The van der Waals surface area contributed by atoms with Crippen molar-refractivity contribution in [3.05, 3.63) is 70.4 Å². The molecule has 0 aromatic heterocycles. The Bertz CT molecular complexity index is 725. The molecule has 0 fully saturated rings. The van der Waals surface area contributed by atoms with Gasteiger partial charge in [-0.3, -0.25) is 9.69 Å². The summed E-state index contributed by atoms with van der Waals surface area (Å²) in [4.78, 5) is 14.0. The summed E-state index contributed by atoms with van der Waals surface area (Å²) in [6, 6.07) is 16.3. The van der Waals surface area contributed by atoms with Crippen LogP contribution in [0.5, 0.6) is 5.75 Å². The molecule has 2 aromatic rings. The molecule has 1 atom stereocenters. The average Bonchev–Trinajstić information content (AvgIpc) is 2.80. The van der Waals surface area contributed by atoms with Gasteiger partial charge in [0.25, 0.3) is 5.91 Å². The summed E-state index contributed by atoms with van der Waals surface area (Å²) >= 11 is 3.36. The van der Waals surface area contributed by atoms with E-state index in [1.807, 2.05) is 54.6 Å². The zero-order valence-electron chi connectivity index (χ0n) is 11.9. The van der Waals surface area contributed by atoms with Crippen LogP contribution in [0.1, 0.15) is 11.6 Å². The molecule has 22 heavy (non-hydrogen) atoms. The van der Waals surface area contributed by atoms with E-state index in [0.717, 1.165) is 17.0 Å². The maximum Gasteiger partial charge on any atom is 0.294 e. The first-order valence-corrected chi connectivity index (χ1v) is 7.54. The zero-order chi connectivity index (χ0) is 15.7. The molecule has 5 heteroatoms. The van der Waals surface area contributed by atoms with Gasteiger partial charge in [-0.25, -0.2) is 0 Å². The fraction of sp³-hybridized carbons (Fsp3) is 0.118. The van der Waals surface area contributed by atoms with Gasteiger partial charge in [0.2, 0.25) is 0 Å². The number of aliphatic hydroxyl groups is 1. The van der Waals surface area contributed by atoms with Crippen LogP contribution >= 0.6 is 15.9 Å². The Morgan fingerprint density at radius 1 is 1.09 bits per heavy atom. The standard InChI is InChI=1S/C17H14BrNO3/c1-22-13-9-7-11(8-10-13)15-14(18)16(20)17(21)19(15)12-5-3-2-4-6-12/h2-10,15,20H,1H3. The number of hydrogen-bond donors (Lipinski definition) is 1. The van der Waals surface area contributed by atoms with Gasteiger partial charge in [0.1, 0.15) is 5.75 Å². The number of methoxy groups -OCH3 is 1. The Balaban J connectivity index is 2.06. The van der Waals surface area contributed by atoms with Crippen LogP contribution in [0.4, 0.5) is 5.69 Å². The molecule has 1 aliphatic heterocycles. The quantitative estimate of drug-likeness (QED) is 0.902. The predicted octanol–water partition coefficient (Wildman–Crippen LogP) is 3.95. The monoisotopic (exact) mass is 359 g/mol. The molecule has 1 N–H and O–H groups in total. The molecule has 1 amide bonds. The van der Waals surface area contributed by atoms with Crippen LogP contribution < -0.4 is 9.64 Å². The molecule has 0 spiro atoms. The van der Waals surface area contributed by atoms with Crippen molar-refractivity contribution in [1.29, 1.82) is 0 Å². The van der Waals surface area contributed by atoms with Crippen LogP contribution in [0.2, 0.25) is 0 Å². The topological polar surface area (TPSA) is 49.8 Å². The first-order chi connectivity index (χ1) is 10.6. The molecule has 1 unspecified atom stereocenters. The number of amides is 1. The molecule has 3 rings (SSSR count). The van der Waals surface area contributed by atoms with E-state index in [0.29, 0.717) is 4.48 Å². The molecule has 4 nitrogen and oxygen atoms in total. The van der Waals surface area contributed by atoms with Crippen molar-refractivity contribution >= 4 is 27.5 Å². The molecule has 1 aliphatic rings. The van der Waals surface area contributed by atoms with Gasteiger partial charge in [-0.2, -0.15) is 0 Å². The van der Waals surface area contributed by atoms with Gasteiger partial charge in [-0.1, -0.05) is 30.3 Å². The highest BCUT2D eigenvalue weighted by atomic mass is 79.9. The molecule has 1 heterocycles. The minimum Gasteiger partial charge on any atom is -0.502 e. The third kappa shape index (κ3) is 2.37. The minimum absolute atomic E-state index is 0.260. The fourth-order valence-electron chi connectivity index (χ4n) is 2.51. The number of para-hydroxylation sites is 1. The van der Waals surface area contributed by atoms with Crippen molar-refractivity contribution in [3.8, 4) is 5.75 Å². The van der Waals surface area contributed by atoms with Crippen molar-refractivity contribution in [2.75, 3.05) is 12.0 Å². The number of hydrogen-bond acceptors (Lipinski definition) is 3. The van der Waals surface area contributed by atoms with Crippen LogP contribution in [0, 0.1) is 0 Å². The van der Waals surface area contributed by atoms with Gasteiger partial charge in [0.05, 0.1) is 17.6 Å². The van der Waals surface area contributed by atoms with E-state index in [1.165, 1.54) is 0 Å². The van der Waals surface area contributed by atoms with E-state index in [9.17, 15) is 9.90 Å². The molecule has 112 valence electrons. The Morgan fingerprint density at radius 2 is 1.73 bits per heavy atom. The summed E-state index contributed by atoms with van der Waals surface area (Å²) in [5.41, 5.74) is 1.61. The molecule has 0 aliphatic carbocycles. The lowest BCUT2D eigenvalue weighted by Gasteiger charge is -2.26. The van der Waals surface area contributed by atoms with Gasteiger partial charge in [-0.15, -0.1) is 0 Å². The zero-order valence-corrected chi connectivity index (χ0v) is 13.4. The maximum absolute atomic E-state index is 12.4. The highest BCUT2D eigenvalue weighted by molar-refractivity contribution is 9.11. The number of anilines is 1. The van der Waals surface area contributed by atoms with E-state index in [-0.39, 0.29) is 11.8 Å². The van der Waals surface area contributed by atoms with E-state index in [4.69, 9.17) is 4.74 Å². The van der Waals surface area contributed by atoms with Gasteiger partial charge >= 0.3 is 0 Å². The summed E-state index contributed by atoms with van der Waals surface area (Å²) in [5.74, 6) is 0.0622. The highest BCUT2D eigenvalue weighted by Gasteiger charge is 2.40. The van der Waals surface area contributed by atoms with E-state index >= 15 is 0 Å². The lowest BCUT2D eigenvalue weighted by Crippen LogP contribution is -2.29. The maximum atomic E-state index is 12.4. The number of halogens is 1. The number of rotatable bonds is 3. The highest BCUT2D eigenvalue weighted by Crippen LogP contribution is 2.43. The number of carbonyl (C=O) groups is 1. The number of carbonyl (C=O) groups excluding carboxylic acids is 1. The van der Waals surface area contributed by atoms with Gasteiger partial charge in [-0.05, 0) is 45.8 Å². The average molecular weight is 360 g/mol. The van der Waals surface area contributed by atoms with Crippen molar-refractivity contribution in [2.24, 2.45) is 0 Å². The van der Waals surface area contributed by atoms with Crippen LogP contribution in [0.3, 0.4) is 0 Å². The van der Waals surface area contributed by atoms with E-state index < -0.39 is 5.91 Å². The summed E-state index contributed by atoms with van der Waals surface area (Å²) in [6.45, 7) is 0. The second-order valence-electron chi connectivity index (χ2n) is 4.88. The second-order valence-corrected chi connectivity index (χ2v) is 5.74. The largest absolute Gasteiger partial charge is 0.502 e. The molecule has 0 radical (unpaired) electrons. The number of aliphatic hydroxyl groups excluding tert-OH is 1. The number of benzene rings is 2. The van der Waals surface area contributed by atoms with Gasteiger partial charge < -0.3 is 9.84 Å². The number of nitrogens with zero attached hydrogens (tertiary/aromatic N) is 1. The first-order valence-electron chi connectivity index (χ1n) is 6.74. The van der Waals surface area contributed by atoms with E-state index in [2.05, 4.69) is 15.9 Å². The third-order valence-corrected chi connectivity index (χ3v) is 4.42. The summed E-state index contributed by atoms with van der Waals surface area (Å²) in [5, 5.41) is 10.0. The Hall–Kier alpha value is -2.27. The van der Waals surface area contributed by atoms with Crippen molar-refractivity contribution in [1.82, 2.24) is 0 Å². The van der Waals surface area contributed by atoms with Crippen molar-refractivity contribution in [2.45, 2.75) is 6.04 Å². The van der Waals surface area contributed by atoms with Crippen molar-refractivity contribution < 1.29 is 14.6 Å². The molecular weight excluding hydrogens is 346 g/mol. The fourth-order valence-corrected chi connectivity index (χ4v) is 3.15. The summed E-state index contributed by atoms with van der Waals surface area (Å²) < 4.78 is 5.62. The first kappa shape index (κ1) is 14.7. The summed E-state index contributed by atoms with van der Waals surface area (Å²) in [6.07, 6.45) is 0. The Kier molecular flexibility index (Phi) is 3.90. The van der Waals surface area contributed by atoms with Crippen LogP contribution in [0.25, 0.3) is 0 Å². The molecule has 2 aromatic carbocycles. The van der Waals surface area contributed by atoms with Crippen molar-refractivity contribution in [3.63, 3.8) is 0 Å². The Morgan fingerprint density at radius 3 is 2.32 bits per heavy atom. The Labute approximate surface area is 136 Å². The van der Waals surface area contributed by atoms with Crippen LogP contribution in [0.15, 0.2) is 64.8 Å². The smallest absolute Gasteiger partial charge is 0.294 e. The third-order valence-electron chi connectivity index (χ3n) is 3.61. The normalized spacial score (nSPS) is 18.0. The van der Waals surface area contributed by atoms with Crippen LogP contribution in [-0.2, 0) is 4.79 Å². The summed E-state index contributed by atoms with van der Waals surface area (Å²) in [7, 11) is 1.60.